The first-order chi connectivity index (χ1) is 15.3. The van der Waals surface area contributed by atoms with E-state index in [9.17, 15) is 4.79 Å². The van der Waals surface area contributed by atoms with Crippen molar-refractivity contribution in [3.8, 4) is 0 Å². The molecule has 0 amide bonds. The van der Waals surface area contributed by atoms with E-state index in [1.165, 1.54) is 51.4 Å². The lowest BCUT2D eigenvalue weighted by molar-refractivity contribution is -0.209. The van der Waals surface area contributed by atoms with E-state index in [0.717, 1.165) is 30.1 Å². The summed E-state index contributed by atoms with van der Waals surface area (Å²) in [5.74, 6) is 3.78. The first-order valence-corrected chi connectivity index (χ1v) is 14.1. The van der Waals surface area contributed by atoms with Crippen LogP contribution in [0.15, 0.2) is 11.6 Å². The Morgan fingerprint density at radius 1 is 0.879 bits per heavy atom. The quantitative estimate of drug-likeness (QED) is 0.310. The van der Waals surface area contributed by atoms with Crippen LogP contribution >= 0.6 is 0 Å². The van der Waals surface area contributed by atoms with Gasteiger partial charge in [-0.3, -0.25) is 4.79 Å². The third-order valence-electron chi connectivity index (χ3n) is 13.6. The Morgan fingerprint density at radius 3 is 2.30 bits per heavy atom. The molecule has 10 atom stereocenters. The van der Waals surface area contributed by atoms with Gasteiger partial charge in [-0.15, -0.1) is 0 Å². The molecule has 4 fully saturated rings. The maximum absolute atomic E-state index is 11.2. The van der Waals surface area contributed by atoms with Crippen molar-refractivity contribution in [2.24, 2.45) is 56.7 Å². The van der Waals surface area contributed by atoms with E-state index in [1.54, 1.807) is 0 Å². The number of hydrogen-bond donors (Lipinski definition) is 0. The molecule has 186 valence electrons. The monoisotopic (exact) mass is 454 g/mol. The van der Waals surface area contributed by atoms with Gasteiger partial charge in [0.2, 0.25) is 0 Å². The van der Waals surface area contributed by atoms with Crippen LogP contribution in [-0.4, -0.2) is 12.6 Å². The van der Waals surface area contributed by atoms with Crippen LogP contribution in [0, 0.1) is 56.7 Å². The maximum Gasteiger partial charge on any atom is 0.293 e. The van der Waals surface area contributed by atoms with Crippen molar-refractivity contribution in [2.75, 3.05) is 0 Å². The van der Waals surface area contributed by atoms with E-state index < -0.39 is 0 Å². The van der Waals surface area contributed by atoms with Crippen LogP contribution in [0.25, 0.3) is 0 Å². The topological polar surface area (TPSA) is 26.3 Å². The molecule has 0 aromatic rings. The van der Waals surface area contributed by atoms with Gasteiger partial charge in [-0.2, -0.15) is 0 Å². The minimum atomic E-state index is 0.0542. The van der Waals surface area contributed by atoms with E-state index in [-0.39, 0.29) is 11.5 Å². The Kier molecular flexibility index (Phi) is 5.34. The molecule has 4 saturated carbocycles. The molecule has 0 radical (unpaired) electrons. The molecule has 5 aliphatic carbocycles. The highest BCUT2D eigenvalue weighted by Crippen LogP contribution is 2.75. The van der Waals surface area contributed by atoms with Crippen LogP contribution in [0.2, 0.25) is 0 Å². The van der Waals surface area contributed by atoms with Crippen molar-refractivity contribution in [3.05, 3.63) is 11.6 Å². The summed E-state index contributed by atoms with van der Waals surface area (Å²) in [4.78, 5) is 11.2. The molecule has 2 nitrogen and oxygen atoms in total. The van der Waals surface area contributed by atoms with Crippen molar-refractivity contribution < 1.29 is 9.53 Å². The van der Waals surface area contributed by atoms with Gasteiger partial charge in [0.15, 0.2) is 0 Å². The minimum absolute atomic E-state index is 0.0542. The maximum atomic E-state index is 11.2. The first-order valence-electron chi connectivity index (χ1n) is 14.1. The SMILES string of the molecule is C[C@H]1[C@H](C)CC[C@]2(C)CC[C@]3(C)C(=CC[C@@H]4[C@@]5(C)CC[C@@H](OC=O)C(C)(C)[C@H]5CC[C@]43C)[C@H]12. The molecule has 0 spiro atoms. The van der Waals surface area contributed by atoms with Crippen LogP contribution < -0.4 is 0 Å². The third kappa shape index (κ3) is 2.94. The summed E-state index contributed by atoms with van der Waals surface area (Å²) in [6, 6.07) is 0. The van der Waals surface area contributed by atoms with Gasteiger partial charge in [0.1, 0.15) is 6.10 Å². The smallest absolute Gasteiger partial charge is 0.293 e. The number of allylic oxidation sites excluding steroid dienone is 2. The van der Waals surface area contributed by atoms with Gasteiger partial charge in [-0.1, -0.05) is 67.0 Å². The fourth-order valence-corrected chi connectivity index (χ4v) is 11.1. The summed E-state index contributed by atoms with van der Waals surface area (Å²) < 4.78 is 5.66. The van der Waals surface area contributed by atoms with Gasteiger partial charge in [0.05, 0.1) is 0 Å². The molecule has 5 rings (SSSR count). The number of rotatable bonds is 2. The predicted molar refractivity (Wildman–Crippen MR) is 136 cm³/mol. The highest BCUT2D eigenvalue weighted by molar-refractivity contribution is 5.38. The summed E-state index contributed by atoms with van der Waals surface area (Å²) in [6.45, 7) is 21.2. The van der Waals surface area contributed by atoms with E-state index in [1.807, 2.05) is 5.57 Å². The lowest BCUT2D eigenvalue weighted by atomic mass is 9.33. The summed E-state index contributed by atoms with van der Waals surface area (Å²) in [7, 11) is 0. The lowest BCUT2D eigenvalue weighted by Crippen LogP contribution is -2.64. The van der Waals surface area contributed by atoms with Crippen LogP contribution in [-0.2, 0) is 9.53 Å². The second kappa shape index (κ2) is 7.36. The van der Waals surface area contributed by atoms with E-state index in [2.05, 4.69) is 61.5 Å². The van der Waals surface area contributed by atoms with Gasteiger partial charge >= 0.3 is 0 Å². The number of carbonyl (C=O) groups is 1. The molecule has 2 heteroatoms. The largest absolute Gasteiger partial charge is 0.464 e. The average Bonchev–Trinajstić information content (AvgIpc) is 2.74. The lowest BCUT2D eigenvalue weighted by Gasteiger charge is -2.71. The molecule has 33 heavy (non-hydrogen) atoms. The third-order valence-corrected chi connectivity index (χ3v) is 13.6. The van der Waals surface area contributed by atoms with Crippen molar-refractivity contribution in [1.82, 2.24) is 0 Å². The second-order valence-electron chi connectivity index (χ2n) is 14.9. The Hall–Kier alpha value is -0.790. The summed E-state index contributed by atoms with van der Waals surface area (Å²) in [5, 5.41) is 0. The van der Waals surface area contributed by atoms with Gasteiger partial charge in [0, 0.05) is 5.41 Å². The van der Waals surface area contributed by atoms with Crippen molar-refractivity contribution in [1.29, 1.82) is 0 Å². The Morgan fingerprint density at radius 2 is 1.61 bits per heavy atom. The Labute approximate surface area is 203 Å². The molecule has 0 heterocycles. The zero-order chi connectivity index (χ0) is 24.0. The first kappa shape index (κ1) is 23.9. The summed E-state index contributed by atoms with van der Waals surface area (Å²) >= 11 is 0. The molecule has 0 aromatic carbocycles. The second-order valence-corrected chi connectivity index (χ2v) is 14.9. The number of fused-ring (bicyclic) bond motifs is 7. The van der Waals surface area contributed by atoms with E-state index in [4.69, 9.17) is 4.74 Å². The Bertz CT molecular complexity index is 842. The number of ether oxygens (including phenoxy) is 1. The highest BCUT2D eigenvalue weighted by atomic mass is 16.5. The molecule has 0 saturated heterocycles. The van der Waals surface area contributed by atoms with Crippen molar-refractivity contribution in [2.45, 2.75) is 119 Å². The summed E-state index contributed by atoms with van der Waals surface area (Å²) in [6.07, 6.45) is 14.6. The van der Waals surface area contributed by atoms with Crippen molar-refractivity contribution in [3.63, 3.8) is 0 Å². The van der Waals surface area contributed by atoms with E-state index >= 15 is 0 Å². The van der Waals surface area contributed by atoms with Gasteiger partial charge < -0.3 is 4.74 Å². The molecular weight excluding hydrogens is 404 g/mol. The van der Waals surface area contributed by atoms with Gasteiger partial charge in [-0.25, -0.2) is 0 Å². The molecule has 0 N–H and O–H groups in total. The molecule has 0 unspecified atom stereocenters. The fourth-order valence-electron chi connectivity index (χ4n) is 11.1. The molecule has 5 aliphatic rings. The number of hydrogen-bond acceptors (Lipinski definition) is 2. The highest BCUT2D eigenvalue weighted by Gasteiger charge is 2.68. The average molecular weight is 455 g/mol. The molecule has 0 aliphatic heterocycles. The molecular formula is C31H50O2. The fraction of sp³-hybridized carbons (Fsp3) is 0.903. The predicted octanol–water partition coefficient (Wildman–Crippen LogP) is 8.21. The minimum Gasteiger partial charge on any atom is -0.464 e. The van der Waals surface area contributed by atoms with Gasteiger partial charge in [-0.05, 0) is 109 Å². The number of carbonyl (C=O) groups excluding carboxylic acids is 1. The Balaban J connectivity index is 1.56. The molecule has 0 bridgehead atoms. The van der Waals surface area contributed by atoms with Crippen LogP contribution in [0.4, 0.5) is 0 Å². The van der Waals surface area contributed by atoms with E-state index in [0.29, 0.717) is 34.1 Å². The normalized spacial score (nSPS) is 55.2. The standard InChI is InChI=1S/C31H50O2/c1-20-11-14-28(5)17-18-30(7)22(26(28)21(20)2)9-10-24-29(6)15-13-25(33-19-32)27(3,4)23(29)12-16-31(24,30)8/h9,19-21,23-26H,10-18H2,1-8H3/t20-,21+,23-,24-,25-,26+,28-,29+,30-,31-/m1/s1. The van der Waals surface area contributed by atoms with Crippen molar-refractivity contribution >= 4 is 6.47 Å². The zero-order valence-electron chi connectivity index (χ0n) is 22.8. The van der Waals surface area contributed by atoms with Crippen LogP contribution in [0.3, 0.4) is 0 Å². The van der Waals surface area contributed by atoms with Crippen LogP contribution in [0.1, 0.15) is 113 Å². The zero-order valence-corrected chi connectivity index (χ0v) is 22.8. The van der Waals surface area contributed by atoms with Gasteiger partial charge in [0.25, 0.3) is 6.47 Å². The van der Waals surface area contributed by atoms with Crippen LogP contribution in [0.5, 0.6) is 0 Å². The summed E-state index contributed by atoms with van der Waals surface area (Å²) in [5.41, 5.74) is 3.47. The molecule has 0 aromatic heterocycles.